The lowest BCUT2D eigenvalue weighted by Gasteiger charge is -2.14. The summed E-state index contributed by atoms with van der Waals surface area (Å²) in [5, 5.41) is 14.6. The Hall–Kier alpha value is -2.90. The van der Waals surface area contributed by atoms with Gasteiger partial charge in [0.05, 0.1) is 5.69 Å². The zero-order valence-electron chi connectivity index (χ0n) is 17.1. The molecule has 0 radical (unpaired) electrons. The van der Waals surface area contributed by atoms with Gasteiger partial charge in [-0.2, -0.15) is 0 Å². The highest BCUT2D eigenvalue weighted by atomic mass is 16.4. The highest BCUT2D eigenvalue weighted by Crippen LogP contribution is 2.11. The van der Waals surface area contributed by atoms with Crippen LogP contribution in [0.1, 0.15) is 68.1 Å². The molecule has 2 aromatic rings. The lowest BCUT2D eigenvalue weighted by molar-refractivity contribution is -0.142. The van der Waals surface area contributed by atoms with Gasteiger partial charge in [0.25, 0.3) is 5.91 Å². The van der Waals surface area contributed by atoms with Crippen LogP contribution in [0.15, 0.2) is 24.4 Å². The van der Waals surface area contributed by atoms with E-state index in [0.29, 0.717) is 30.8 Å². The van der Waals surface area contributed by atoms with Gasteiger partial charge in [-0.3, -0.25) is 14.0 Å². The van der Waals surface area contributed by atoms with Crippen LogP contribution in [-0.4, -0.2) is 44.9 Å². The number of carboxylic acid groups (broad SMARTS) is 1. The van der Waals surface area contributed by atoms with Crippen LogP contribution in [0.3, 0.4) is 0 Å². The number of pyridine rings is 1. The summed E-state index contributed by atoms with van der Waals surface area (Å²) in [6.45, 7) is 4.30. The fourth-order valence-electron chi connectivity index (χ4n) is 3.19. The van der Waals surface area contributed by atoms with Gasteiger partial charge in [0, 0.05) is 19.2 Å². The molecule has 2 aromatic heterocycles. The van der Waals surface area contributed by atoms with Crippen molar-refractivity contribution in [2.75, 3.05) is 6.54 Å². The summed E-state index contributed by atoms with van der Waals surface area (Å²) in [4.78, 5) is 39.9. The van der Waals surface area contributed by atoms with Crippen LogP contribution in [0.25, 0.3) is 5.65 Å². The van der Waals surface area contributed by atoms with Crippen molar-refractivity contribution in [1.82, 2.24) is 20.0 Å². The second-order valence-corrected chi connectivity index (χ2v) is 7.14. The molecule has 3 N–H and O–H groups in total. The Labute approximate surface area is 170 Å². The van der Waals surface area contributed by atoms with Crippen molar-refractivity contribution in [3.8, 4) is 0 Å². The first-order valence-corrected chi connectivity index (χ1v) is 10.2. The second kappa shape index (κ2) is 11.2. The summed E-state index contributed by atoms with van der Waals surface area (Å²) < 4.78 is 1.77. The van der Waals surface area contributed by atoms with Crippen molar-refractivity contribution in [1.29, 1.82) is 0 Å². The molecule has 1 atom stereocenters. The van der Waals surface area contributed by atoms with Crippen molar-refractivity contribution < 1.29 is 19.5 Å². The molecule has 29 heavy (non-hydrogen) atoms. The van der Waals surface area contributed by atoms with Gasteiger partial charge in [-0.25, -0.2) is 9.78 Å². The SMILES string of the molecule is CCCCC(NC(=O)CCCCCNC(=O)c1c(C)nc2ccccn12)C(=O)O. The van der Waals surface area contributed by atoms with Gasteiger partial charge < -0.3 is 15.7 Å². The normalized spacial score (nSPS) is 11.9. The maximum absolute atomic E-state index is 12.5. The maximum atomic E-state index is 12.5. The maximum Gasteiger partial charge on any atom is 0.326 e. The third-order valence-electron chi connectivity index (χ3n) is 4.77. The zero-order chi connectivity index (χ0) is 21.2. The third-order valence-corrected chi connectivity index (χ3v) is 4.77. The Morgan fingerprint density at radius 3 is 2.69 bits per heavy atom. The highest BCUT2D eigenvalue weighted by molar-refractivity contribution is 5.94. The summed E-state index contributed by atoms with van der Waals surface area (Å²) in [7, 11) is 0. The monoisotopic (exact) mass is 402 g/mol. The van der Waals surface area contributed by atoms with Gasteiger partial charge in [0.15, 0.2) is 0 Å². The number of nitrogens with one attached hydrogen (secondary N) is 2. The number of fused-ring (bicyclic) bond motifs is 1. The average Bonchev–Trinajstić information content (AvgIpc) is 3.03. The zero-order valence-corrected chi connectivity index (χ0v) is 17.1. The number of amides is 2. The van der Waals surface area contributed by atoms with E-state index < -0.39 is 12.0 Å². The first-order chi connectivity index (χ1) is 13.9. The van der Waals surface area contributed by atoms with E-state index in [0.717, 1.165) is 31.3 Å². The van der Waals surface area contributed by atoms with Gasteiger partial charge >= 0.3 is 5.97 Å². The molecule has 1 unspecified atom stereocenters. The fraction of sp³-hybridized carbons (Fsp3) is 0.524. The molecule has 8 nitrogen and oxygen atoms in total. The van der Waals surface area contributed by atoms with Gasteiger partial charge in [0.2, 0.25) is 5.91 Å². The number of rotatable bonds is 12. The van der Waals surface area contributed by atoms with E-state index in [9.17, 15) is 14.4 Å². The van der Waals surface area contributed by atoms with E-state index in [4.69, 9.17) is 5.11 Å². The summed E-state index contributed by atoms with van der Waals surface area (Å²) >= 11 is 0. The van der Waals surface area contributed by atoms with Crippen molar-refractivity contribution in [2.24, 2.45) is 0 Å². The number of unbranched alkanes of at least 4 members (excludes halogenated alkanes) is 3. The average molecular weight is 402 g/mol. The molecule has 0 aliphatic heterocycles. The van der Waals surface area contributed by atoms with Crippen molar-refractivity contribution in [2.45, 2.75) is 64.8 Å². The fourth-order valence-corrected chi connectivity index (χ4v) is 3.19. The van der Waals surface area contributed by atoms with Crippen molar-refractivity contribution in [3.63, 3.8) is 0 Å². The van der Waals surface area contributed by atoms with E-state index in [-0.39, 0.29) is 18.2 Å². The molecule has 0 aliphatic carbocycles. The Balaban J connectivity index is 1.68. The number of hydrogen-bond donors (Lipinski definition) is 3. The van der Waals surface area contributed by atoms with E-state index >= 15 is 0 Å². The number of carbonyl (C=O) groups is 3. The Kier molecular flexibility index (Phi) is 8.64. The predicted molar refractivity (Wildman–Crippen MR) is 110 cm³/mol. The molecular weight excluding hydrogens is 372 g/mol. The molecule has 0 bridgehead atoms. The topological polar surface area (TPSA) is 113 Å². The van der Waals surface area contributed by atoms with E-state index in [1.807, 2.05) is 38.2 Å². The minimum atomic E-state index is -0.989. The van der Waals surface area contributed by atoms with Gasteiger partial charge in [-0.15, -0.1) is 0 Å². The summed E-state index contributed by atoms with van der Waals surface area (Å²) in [6, 6.07) is 4.77. The van der Waals surface area contributed by atoms with Crippen LogP contribution in [0.5, 0.6) is 0 Å². The number of nitrogens with zero attached hydrogens (tertiary/aromatic N) is 2. The second-order valence-electron chi connectivity index (χ2n) is 7.14. The number of carbonyl (C=O) groups excluding carboxylic acids is 2. The Morgan fingerprint density at radius 1 is 1.17 bits per heavy atom. The molecule has 2 heterocycles. The minimum absolute atomic E-state index is 0.167. The standard InChI is InChI=1S/C21H30N4O4/c1-3-4-10-16(21(28)29)24-18(26)12-6-5-8-13-22-20(27)19-15(2)23-17-11-7-9-14-25(17)19/h7,9,11,14,16H,3-6,8,10,12-13H2,1-2H3,(H,22,27)(H,24,26)(H,28,29). The van der Waals surface area contributed by atoms with Gasteiger partial charge in [0.1, 0.15) is 17.4 Å². The van der Waals surface area contributed by atoms with Crippen molar-refractivity contribution in [3.05, 3.63) is 35.8 Å². The predicted octanol–water partition coefficient (Wildman–Crippen LogP) is 2.69. The van der Waals surface area contributed by atoms with Crippen LogP contribution < -0.4 is 10.6 Å². The molecule has 0 fully saturated rings. The quantitative estimate of drug-likeness (QED) is 0.473. The molecule has 8 heteroatoms. The van der Waals surface area contributed by atoms with E-state index in [2.05, 4.69) is 15.6 Å². The molecular formula is C21H30N4O4. The van der Waals surface area contributed by atoms with Gasteiger partial charge in [-0.05, 0) is 38.3 Å². The molecule has 0 spiro atoms. The van der Waals surface area contributed by atoms with E-state index in [1.165, 1.54) is 0 Å². The first kappa shape index (κ1) is 22.4. The van der Waals surface area contributed by atoms with Crippen LogP contribution in [-0.2, 0) is 9.59 Å². The molecule has 0 aromatic carbocycles. The number of aliphatic carboxylic acids is 1. The Bertz CT molecular complexity index is 846. The highest BCUT2D eigenvalue weighted by Gasteiger charge is 2.19. The molecule has 2 rings (SSSR count). The summed E-state index contributed by atoms with van der Waals surface area (Å²) in [5.74, 6) is -1.39. The molecule has 2 amide bonds. The van der Waals surface area contributed by atoms with Crippen LogP contribution in [0, 0.1) is 6.92 Å². The molecule has 0 aliphatic rings. The summed E-state index contributed by atoms with van der Waals surface area (Å²) in [6.07, 6.45) is 6.37. The van der Waals surface area contributed by atoms with Crippen LogP contribution in [0.4, 0.5) is 0 Å². The lowest BCUT2D eigenvalue weighted by atomic mass is 10.1. The largest absolute Gasteiger partial charge is 0.480 e. The first-order valence-electron chi connectivity index (χ1n) is 10.2. The number of imidazole rings is 1. The van der Waals surface area contributed by atoms with Crippen molar-refractivity contribution >= 4 is 23.4 Å². The van der Waals surface area contributed by atoms with E-state index in [1.54, 1.807) is 4.40 Å². The number of carboxylic acids is 1. The lowest BCUT2D eigenvalue weighted by Crippen LogP contribution is -2.40. The van der Waals surface area contributed by atoms with Gasteiger partial charge in [-0.1, -0.05) is 32.3 Å². The van der Waals surface area contributed by atoms with Crippen LogP contribution >= 0.6 is 0 Å². The molecule has 158 valence electrons. The minimum Gasteiger partial charge on any atom is -0.480 e. The molecule has 0 saturated carbocycles. The summed E-state index contributed by atoms with van der Waals surface area (Å²) in [5.41, 5.74) is 1.95. The smallest absolute Gasteiger partial charge is 0.326 e. The van der Waals surface area contributed by atoms with Crippen LogP contribution in [0.2, 0.25) is 0 Å². The Morgan fingerprint density at radius 2 is 1.97 bits per heavy atom. The third kappa shape index (κ3) is 6.58. The number of aromatic nitrogens is 2. The number of aryl methyl sites for hydroxylation is 1. The molecule has 0 saturated heterocycles. The number of hydrogen-bond acceptors (Lipinski definition) is 4.